The van der Waals surface area contributed by atoms with E-state index in [-0.39, 0.29) is 5.91 Å². The van der Waals surface area contributed by atoms with Crippen LogP contribution in [0.4, 0.5) is 0 Å². The molecule has 0 spiro atoms. The SMILES string of the molecule is Cc1cc([C@@H]2CCCN(CC(=O)N(C)Cc3ccc(C)o3)C2)n[nH]1. The van der Waals surface area contributed by atoms with Crippen LogP contribution in [-0.4, -0.2) is 52.6 Å². The van der Waals surface area contributed by atoms with Crippen molar-refractivity contribution in [3.8, 4) is 0 Å². The van der Waals surface area contributed by atoms with Crippen molar-refractivity contribution in [2.75, 3.05) is 26.7 Å². The Morgan fingerprint density at radius 1 is 1.46 bits per heavy atom. The third kappa shape index (κ3) is 4.06. The number of aromatic amines is 1. The summed E-state index contributed by atoms with van der Waals surface area (Å²) in [5, 5.41) is 7.40. The molecule has 2 aromatic rings. The van der Waals surface area contributed by atoms with Gasteiger partial charge in [-0.05, 0) is 51.4 Å². The van der Waals surface area contributed by atoms with E-state index in [1.807, 2.05) is 33.0 Å². The van der Waals surface area contributed by atoms with Gasteiger partial charge in [0.05, 0.1) is 18.8 Å². The highest BCUT2D eigenvalue weighted by atomic mass is 16.3. The van der Waals surface area contributed by atoms with Crippen LogP contribution in [0.3, 0.4) is 0 Å². The van der Waals surface area contributed by atoms with Crippen LogP contribution in [0.5, 0.6) is 0 Å². The molecule has 0 aliphatic carbocycles. The molecule has 0 aromatic carbocycles. The minimum Gasteiger partial charge on any atom is -0.464 e. The molecule has 3 rings (SSSR count). The van der Waals surface area contributed by atoms with Gasteiger partial charge in [-0.2, -0.15) is 5.10 Å². The number of hydrogen-bond donors (Lipinski definition) is 1. The molecule has 1 aliphatic rings. The van der Waals surface area contributed by atoms with Gasteiger partial charge in [0.15, 0.2) is 0 Å². The van der Waals surface area contributed by atoms with E-state index >= 15 is 0 Å². The average molecular weight is 330 g/mol. The highest BCUT2D eigenvalue weighted by molar-refractivity contribution is 5.77. The molecule has 1 amide bonds. The summed E-state index contributed by atoms with van der Waals surface area (Å²) >= 11 is 0. The lowest BCUT2D eigenvalue weighted by Crippen LogP contribution is -2.42. The summed E-state index contributed by atoms with van der Waals surface area (Å²) in [4.78, 5) is 16.5. The summed E-state index contributed by atoms with van der Waals surface area (Å²) < 4.78 is 5.55. The Morgan fingerprint density at radius 2 is 2.29 bits per heavy atom. The van der Waals surface area contributed by atoms with E-state index in [1.165, 1.54) is 0 Å². The molecule has 6 heteroatoms. The zero-order valence-corrected chi connectivity index (χ0v) is 14.7. The fraction of sp³-hybridized carbons (Fsp3) is 0.556. The van der Waals surface area contributed by atoms with Crippen LogP contribution in [0, 0.1) is 13.8 Å². The van der Waals surface area contributed by atoms with Crippen molar-refractivity contribution in [1.29, 1.82) is 0 Å². The van der Waals surface area contributed by atoms with E-state index in [0.29, 0.717) is 19.0 Å². The molecule has 1 saturated heterocycles. The number of hydrogen-bond acceptors (Lipinski definition) is 4. The van der Waals surface area contributed by atoms with Gasteiger partial charge in [0.25, 0.3) is 0 Å². The fourth-order valence-electron chi connectivity index (χ4n) is 3.29. The van der Waals surface area contributed by atoms with E-state index < -0.39 is 0 Å². The summed E-state index contributed by atoms with van der Waals surface area (Å²) in [5.74, 6) is 2.24. The smallest absolute Gasteiger partial charge is 0.236 e. The van der Waals surface area contributed by atoms with Gasteiger partial charge >= 0.3 is 0 Å². The standard InChI is InChI=1S/C18H26N4O2/c1-13-9-17(20-19-13)15-5-4-8-22(10-15)12-18(23)21(3)11-16-7-6-14(2)24-16/h6-7,9,15H,4-5,8,10-12H2,1-3H3,(H,19,20)/t15-/m1/s1. The van der Waals surface area contributed by atoms with Gasteiger partial charge in [0.2, 0.25) is 5.91 Å². The van der Waals surface area contributed by atoms with Crippen LogP contribution in [-0.2, 0) is 11.3 Å². The second-order valence-electron chi connectivity index (χ2n) is 6.81. The summed E-state index contributed by atoms with van der Waals surface area (Å²) in [6.07, 6.45) is 2.24. The maximum atomic E-state index is 12.5. The molecule has 0 unspecified atom stereocenters. The van der Waals surface area contributed by atoms with Gasteiger partial charge in [0, 0.05) is 25.2 Å². The highest BCUT2D eigenvalue weighted by Crippen LogP contribution is 2.25. The normalized spacial score (nSPS) is 18.7. The number of piperidine rings is 1. The van der Waals surface area contributed by atoms with Gasteiger partial charge in [-0.15, -0.1) is 0 Å². The van der Waals surface area contributed by atoms with Crippen molar-refractivity contribution in [2.45, 2.75) is 39.2 Å². The molecule has 3 heterocycles. The van der Waals surface area contributed by atoms with Gasteiger partial charge in [0.1, 0.15) is 11.5 Å². The molecule has 1 fully saturated rings. The molecule has 0 radical (unpaired) electrons. The lowest BCUT2D eigenvalue weighted by Gasteiger charge is -2.32. The Hall–Kier alpha value is -2.08. The Labute approximate surface area is 142 Å². The number of likely N-dealkylation sites (N-methyl/N-ethyl adjacent to an activating group) is 1. The van der Waals surface area contributed by atoms with Crippen molar-refractivity contribution in [3.63, 3.8) is 0 Å². The van der Waals surface area contributed by atoms with E-state index in [9.17, 15) is 4.79 Å². The van der Waals surface area contributed by atoms with Gasteiger partial charge in [-0.25, -0.2) is 0 Å². The number of aryl methyl sites for hydroxylation is 2. The van der Waals surface area contributed by atoms with E-state index in [1.54, 1.807) is 4.90 Å². The fourth-order valence-corrected chi connectivity index (χ4v) is 3.29. The number of aromatic nitrogens is 2. The first-order valence-electron chi connectivity index (χ1n) is 8.55. The van der Waals surface area contributed by atoms with Crippen molar-refractivity contribution >= 4 is 5.91 Å². The molecular weight excluding hydrogens is 304 g/mol. The minimum absolute atomic E-state index is 0.128. The van der Waals surface area contributed by atoms with Crippen molar-refractivity contribution < 1.29 is 9.21 Å². The van der Waals surface area contributed by atoms with Crippen molar-refractivity contribution in [1.82, 2.24) is 20.0 Å². The zero-order chi connectivity index (χ0) is 17.1. The molecule has 1 aliphatic heterocycles. The van der Waals surface area contributed by atoms with Crippen molar-refractivity contribution in [3.05, 3.63) is 41.1 Å². The third-order valence-corrected chi connectivity index (χ3v) is 4.62. The van der Waals surface area contributed by atoms with Crippen LogP contribution in [0.2, 0.25) is 0 Å². The first-order valence-corrected chi connectivity index (χ1v) is 8.55. The molecule has 2 aromatic heterocycles. The van der Waals surface area contributed by atoms with E-state index in [2.05, 4.69) is 21.2 Å². The molecule has 130 valence electrons. The van der Waals surface area contributed by atoms with Gasteiger partial charge in [-0.1, -0.05) is 0 Å². The number of H-pyrrole nitrogens is 1. The van der Waals surface area contributed by atoms with Gasteiger partial charge in [-0.3, -0.25) is 14.8 Å². The third-order valence-electron chi connectivity index (χ3n) is 4.62. The number of amides is 1. The lowest BCUT2D eigenvalue weighted by atomic mass is 9.94. The Balaban J connectivity index is 1.53. The lowest BCUT2D eigenvalue weighted by molar-refractivity contribution is -0.132. The molecular formula is C18H26N4O2. The quantitative estimate of drug-likeness (QED) is 0.914. The first-order chi connectivity index (χ1) is 11.5. The number of rotatable bonds is 5. The summed E-state index contributed by atoms with van der Waals surface area (Å²) in [6.45, 7) is 6.77. The number of furan rings is 1. The van der Waals surface area contributed by atoms with E-state index in [4.69, 9.17) is 4.42 Å². The maximum Gasteiger partial charge on any atom is 0.236 e. The largest absolute Gasteiger partial charge is 0.464 e. The first kappa shape index (κ1) is 16.8. The second kappa shape index (κ2) is 7.21. The number of likely N-dealkylation sites (tertiary alicyclic amines) is 1. The van der Waals surface area contributed by atoms with Crippen molar-refractivity contribution in [2.24, 2.45) is 0 Å². The number of carbonyl (C=O) groups is 1. The van der Waals surface area contributed by atoms with Crippen LogP contribution in [0.1, 0.15) is 41.7 Å². The number of nitrogens with zero attached hydrogens (tertiary/aromatic N) is 3. The summed E-state index contributed by atoms with van der Waals surface area (Å²) in [5.41, 5.74) is 2.20. The Morgan fingerprint density at radius 3 is 2.96 bits per heavy atom. The Kier molecular flexibility index (Phi) is 5.04. The van der Waals surface area contributed by atoms with Crippen LogP contribution >= 0.6 is 0 Å². The summed E-state index contributed by atoms with van der Waals surface area (Å²) in [7, 11) is 1.83. The van der Waals surface area contributed by atoms with Crippen LogP contribution in [0.15, 0.2) is 22.6 Å². The van der Waals surface area contributed by atoms with Crippen LogP contribution < -0.4 is 0 Å². The molecule has 24 heavy (non-hydrogen) atoms. The van der Waals surface area contributed by atoms with Gasteiger partial charge < -0.3 is 9.32 Å². The minimum atomic E-state index is 0.128. The monoisotopic (exact) mass is 330 g/mol. The predicted molar refractivity (Wildman–Crippen MR) is 91.7 cm³/mol. The maximum absolute atomic E-state index is 12.5. The van der Waals surface area contributed by atoms with E-state index in [0.717, 1.165) is 48.8 Å². The number of nitrogens with one attached hydrogen (secondary N) is 1. The summed E-state index contributed by atoms with van der Waals surface area (Å²) in [6, 6.07) is 5.96. The highest BCUT2D eigenvalue weighted by Gasteiger charge is 2.25. The molecule has 1 atom stereocenters. The molecule has 1 N–H and O–H groups in total. The molecule has 0 bridgehead atoms. The second-order valence-corrected chi connectivity index (χ2v) is 6.81. The Bertz CT molecular complexity index is 691. The molecule has 0 saturated carbocycles. The molecule has 6 nitrogen and oxygen atoms in total. The van der Waals surface area contributed by atoms with Crippen LogP contribution in [0.25, 0.3) is 0 Å². The zero-order valence-electron chi connectivity index (χ0n) is 14.7. The number of carbonyl (C=O) groups excluding carboxylic acids is 1. The topological polar surface area (TPSA) is 65.4 Å². The average Bonchev–Trinajstić information content (AvgIpc) is 3.16. The predicted octanol–water partition coefficient (Wildman–Crippen LogP) is 2.46.